The highest BCUT2D eigenvalue weighted by Gasteiger charge is 2.21. The fourth-order valence-electron chi connectivity index (χ4n) is 3.86. The number of thiazole rings is 1. The van der Waals surface area contributed by atoms with E-state index in [0.717, 1.165) is 32.5 Å². The molecule has 5 rings (SSSR count). The Morgan fingerprint density at radius 1 is 1.08 bits per heavy atom. The summed E-state index contributed by atoms with van der Waals surface area (Å²) in [7, 11) is 0. The number of aryl methyl sites for hydroxylation is 2. The van der Waals surface area contributed by atoms with E-state index in [-0.39, 0.29) is 17.4 Å². The van der Waals surface area contributed by atoms with Gasteiger partial charge in [-0.25, -0.2) is 4.98 Å². The molecule has 2 aromatic heterocycles. The monoisotopic (exact) mass is 591 g/mol. The third kappa shape index (κ3) is 5.61. The van der Waals surface area contributed by atoms with Crippen LogP contribution < -0.4 is 5.32 Å². The number of aromatic hydroxyl groups is 1. The molecule has 0 aliphatic heterocycles. The van der Waals surface area contributed by atoms with Crippen molar-refractivity contribution in [2.45, 2.75) is 19.0 Å². The summed E-state index contributed by atoms with van der Waals surface area (Å²) in [6.07, 6.45) is 0. The highest BCUT2D eigenvalue weighted by atomic mass is 79.9. The van der Waals surface area contributed by atoms with Gasteiger partial charge in [0.1, 0.15) is 5.75 Å². The molecule has 10 heteroatoms. The van der Waals surface area contributed by atoms with Gasteiger partial charge >= 0.3 is 0 Å². The van der Waals surface area contributed by atoms with Crippen LogP contribution in [0.2, 0.25) is 0 Å². The molecule has 0 aliphatic carbocycles. The Balaban J connectivity index is 1.40. The molecule has 0 fully saturated rings. The number of thioether (sulfide) groups is 1. The van der Waals surface area contributed by atoms with Gasteiger partial charge in [0.2, 0.25) is 5.91 Å². The number of hydrogen-bond donors (Lipinski definition) is 2. The predicted octanol–water partition coefficient (Wildman–Crippen LogP) is 6.87. The SMILES string of the molecule is Cc1ccc(-n2c(SCC(=O)Nc3nc(-c4ccccc4)cs3)nnc2-c2cc(Br)ccc2O)c(C)c1. The normalized spacial score (nSPS) is 11.0. The maximum atomic E-state index is 12.8. The molecule has 0 spiro atoms. The smallest absolute Gasteiger partial charge is 0.236 e. The Bertz CT molecular complexity index is 1580. The lowest BCUT2D eigenvalue weighted by Crippen LogP contribution is -2.14. The van der Waals surface area contributed by atoms with Gasteiger partial charge in [0, 0.05) is 15.4 Å². The number of phenolic OH excluding ortho intramolecular Hbond substituents is 1. The number of carbonyl (C=O) groups is 1. The van der Waals surface area contributed by atoms with Crippen LogP contribution in [0.1, 0.15) is 11.1 Å². The number of rotatable bonds is 7. The minimum absolute atomic E-state index is 0.0916. The molecule has 0 radical (unpaired) electrons. The molecule has 2 heterocycles. The van der Waals surface area contributed by atoms with Crippen LogP contribution in [0.15, 0.2) is 81.7 Å². The lowest BCUT2D eigenvalue weighted by molar-refractivity contribution is -0.113. The summed E-state index contributed by atoms with van der Waals surface area (Å²) in [5, 5.41) is 25.2. The average molecular weight is 593 g/mol. The van der Waals surface area contributed by atoms with Gasteiger partial charge in [0.05, 0.1) is 22.7 Å². The number of anilines is 1. The second-order valence-electron chi connectivity index (χ2n) is 8.33. The van der Waals surface area contributed by atoms with E-state index in [1.165, 1.54) is 23.1 Å². The number of nitrogens with one attached hydrogen (secondary N) is 1. The van der Waals surface area contributed by atoms with E-state index in [1.807, 2.05) is 66.3 Å². The fourth-order valence-corrected chi connectivity index (χ4v) is 5.70. The molecular formula is C27H22BrN5O2S2. The van der Waals surface area contributed by atoms with Crippen molar-refractivity contribution in [1.82, 2.24) is 19.7 Å². The molecule has 0 aliphatic rings. The minimum Gasteiger partial charge on any atom is -0.507 e. The summed E-state index contributed by atoms with van der Waals surface area (Å²) in [6.45, 7) is 4.05. The van der Waals surface area contributed by atoms with Gasteiger partial charge in [-0.3, -0.25) is 9.36 Å². The quantitative estimate of drug-likeness (QED) is 0.200. The number of carbonyl (C=O) groups excluding carboxylic acids is 1. The molecule has 0 unspecified atom stereocenters. The molecule has 0 saturated heterocycles. The molecule has 37 heavy (non-hydrogen) atoms. The number of nitrogens with zero attached hydrogens (tertiary/aromatic N) is 4. The summed E-state index contributed by atoms with van der Waals surface area (Å²) in [6, 6.07) is 21.1. The molecule has 3 aromatic carbocycles. The van der Waals surface area contributed by atoms with Gasteiger partial charge < -0.3 is 10.4 Å². The Kier molecular flexibility index (Phi) is 7.40. The zero-order chi connectivity index (χ0) is 25.9. The highest BCUT2D eigenvalue weighted by Crippen LogP contribution is 2.35. The number of benzene rings is 3. The van der Waals surface area contributed by atoms with Gasteiger partial charge in [-0.1, -0.05) is 75.7 Å². The van der Waals surface area contributed by atoms with Crippen LogP contribution in [0, 0.1) is 13.8 Å². The lowest BCUT2D eigenvalue weighted by Gasteiger charge is -2.14. The lowest BCUT2D eigenvalue weighted by atomic mass is 10.1. The standard InChI is InChI=1S/C27H22BrN5O2S2/c1-16-8-10-22(17(2)12-16)33-25(20-13-19(28)9-11-23(20)34)31-32-27(33)37-15-24(35)30-26-29-21(14-36-26)18-6-4-3-5-7-18/h3-14,34H,15H2,1-2H3,(H,29,30,35). The van der Waals surface area contributed by atoms with E-state index in [4.69, 9.17) is 0 Å². The molecule has 5 aromatic rings. The van der Waals surface area contributed by atoms with E-state index < -0.39 is 0 Å². The molecule has 0 bridgehead atoms. The molecule has 0 saturated carbocycles. The van der Waals surface area contributed by atoms with E-state index >= 15 is 0 Å². The Labute approximate surface area is 230 Å². The number of hydrogen-bond acceptors (Lipinski definition) is 7. The van der Waals surface area contributed by atoms with Crippen molar-refractivity contribution in [1.29, 1.82) is 0 Å². The van der Waals surface area contributed by atoms with Crippen LogP contribution in [-0.4, -0.2) is 36.5 Å². The fraction of sp³-hybridized carbons (Fsp3) is 0.111. The van der Waals surface area contributed by atoms with E-state index in [9.17, 15) is 9.90 Å². The van der Waals surface area contributed by atoms with Gasteiger partial charge in [0.25, 0.3) is 0 Å². The first-order valence-electron chi connectivity index (χ1n) is 11.3. The first-order valence-corrected chi connectivity index (χ1v) is 14.0. The van der Waals surface area contributed by atoms with Gasteiger partial charge in [-0.05, 0) is 43.7 Å². The van der Waals surface area contributed by atoms with Crippen LogP contribution in [0.25, 0.3) is 28.3 Å². The van der Waals surface area contributed by atoms with E-state index in [1.54, 1.807) is 18.2 Å². The van der Waals surface area contributed by atoms with E-state index in [2.05, 4.69) is 42.5 Å². The van der Waals surface area contributed by atoms with Crippen LogP contribution in [-0.2, 0) is 4.79 Å². The van der Waals surface area contributed by atoms with Gasteiger partial charge in [-0.2, -0.15) is 0 Å². The van der Waals surface area contributed by atoms with Crippen molar-refractivity contribution in [3.05, 3.63) is 87.7 Å². The number of amides is 1. The third-order valence-electron chi connectivity index (χ3n) is 5.58. The number of aromatic nitrogens is 4. The Hall–Kier alpha value is -3.47. The molecule has 1 amide bonds. The van der Waals surface area contributed by atoms with Gasteiger partial charge in [0.15, 0.2) is 16.1 Å². The maximum Gasteiger partial charge on any atom is 0.236 e. The van der Waals surface area contributed by atoms with Crippen molar-refractivity contribution < 1.29 is 9.90 Å². The first kappa shape index (κ1) is 25.2. The predicted molar refractivity (Wildman–Crippen MR) is 153 cm³/mol. The Morgan fingerprint density at radius 2 is 1.89 bits per heavy atom. The molecule has 186 valence electrons. The topological polar surface area (TPSA) is 92.9 Å². The minimum atomic E-state index is -0.194. The maximum absolute atomic E-state index is 12.8. The second kappa shape index (κ2) is 10.9. The molecule has 2 N–H and O–H groups in total. The van der Waals surface area contributed by atoms with Crippen LogP contribution in [0.3, 0.4) is 0 Å². The van der Waals surface area contributed by atoms with Crippen molar-refractivity contribution in [2.24, 2.45) is 0 Å². The zero-order valence-electron chi connectivity index (χ0n) is 20.0. The second-order valence-corrected chi connectivity index (χ2v) is 11.1. The van der Waals surface area contributed by atoms with Gasteiger partial charge in [-0.15, -0.1) is 21.5 Å². The number of phenols is 1. The van der Waals surface area contributed by atoms with Crippen molar-refractivity contribution in [3.63, 3.8) is 0 Å². The Morgan fingerprint density at radius 3 is 2.68 bits per heavy atom. The van der Waals surface area contributed by atoms with E-state index in [0.29, 0.717) is 21.7 Å². The largest absolute Gasteiger partial charge is 0.507 e. The van der Waals surface area contributed by atoms with Crippen LogP contribution in [0.5, 0.6) is 5.75 Å². The van der Waals surface area contributed by atoms with Crippen LogP contribution >= 0.6 is 39.0 Å². The average Bonchev–Trinajstić information content (AvgIpc) is 3.52. The van der Waals surface area contributed by atoms with Crippen molar-refractivity contribution in [3.8, 4) is 34.1 Å². The zero-order valence-corrected chi connectivity index (χ0v) is 23.2. The van der Waals surface area contributed by atoms with Crippen LogP contribution in [0.4, 0.5) is 5.13 Å². The summed E-state index contributed by atoms with van der Waals surface area (Å²) < 4.78 is 2.69. The number of halogens is 1. The highest BCUT2D eigenvalue weighted by molar-refractivity contribution is 9.10. The summed E-state index contributed by atoms with van der Waals surface area (Å²) in [4.78, 5) is 17.3. The molecule has 7 nitrogen and oxygen atoms in total. The van der Waals surface area contributed by atoms with Crippen molar-refractivity contribution in [2.75, 3.05) is 11.1 Å². The summed E-state index contributed by atoms with van der Waals surface area (Å²) in [5.41, 5.74) is 5.39. The first-order chi connectivity index (χ1) is 17.9. The summed E-state index contributed by atoms with van der Waals surface area (Å²) in [5.74, 6) is 0.504. The van der Waals surface area contributed by atoms with Crippen molar-refractivity contribution >= 4 is 50.1 Å². The summed E-state index contributed by atoms with van der Waals surface area (Å²) >= 11 is 6.13. The molecule has 0 atom stereocenters. The molecular weight excluding hydrogens is 570 g/mol. The third-order valence-corrected chi connectivity index (χ3v) is 7.76.